The van der Waals surface area contributed by atoms with E-state index in [0.29, 0.717) is 44.5 Å². The number of rotatable bonds is 6. The largest absolute Gasteiger partial charge is 0.416 e. The van der Waals surface area contributed by atoms with Crippen molar-refractivity contribution in [2.24, 2.45) is 0 Å². The Balaban J connectivity index is 1.31. The number of benzene rings is 2. The molecule has 2 aromatic carbocycles. The molecule has 3 aliphatic rings. The number of carbonyl (C=O) groups is 2. The molecule has 13 heteroatoms. The molecule has 3 saturated heterocycles. The van der Waals surface area contributed by atoms with Gasteiger partial charge in [0.15, 0.2) is 0 Å². The van der Waals surface area contributed by atoms with Gasteiger partial charge in [-0.3, -0.25) is 19.4 Å². The SMILES string of the molecule is O=C(CCl)N1CCC(N2CCN(C3CCN(C(=O)c4cc(C(F)(F)F)cc(C(F)(F)F)c4)C(Cc4ccccc4)C3)CC2)C1. The number of carbonyl (C=O) groups excluding carboxylic acids is 2. The average Bonchev–Trinajstić information content (AvgIpc) is 3.50. The lowest BCUT2D eigenvalue weighted by molar-refractivity contribution is -0.143. The summed E-state index contributed by atoms with van der Waals surface area (Å²) in [5, 5.41) is 0. The van der Waals surface area contributed by atoms with Gasteiger partial charge in [0.2, 0.25) is 5.91 Å². The molecule has 0 aliphatic carbocycles. The summed E-state index contributed by atoms with van der Waals surface area (Å²) in [5.41, 5.74) is -2.69. The van der Waals surface area contributed by atoms with E-state index in [4.69, 9.17) is 11.6 Å². The standard InChI is InChI=1S/C31H35ClF6N4O2/c32-19-28(43)41-8-6-26(20-41)40-12-10-39(11-13-40)25-7-9-42(27(18-25)14-21-4-2-1-3-5-21)29(44)22-15-23(30(33,34)35)17-24(16-22)31(36,37)38/h1-5,15-17,25-27H,6-14,18-20H2. The van der Waals surface area contributed by atoms with Gasteiger partial charge in [-0.15, -0.1) is 11.6 Å². The van der Waals surface area contributed by atoms with Gasteiger partial charge in [-0.05, 0) is 49.4 Å². The second kappa shape index (κ2) is 13.3. The van der Waals surface area contributed by atoms with Gasteiger partial charge in [0.05, 0.1) is 11.1 Å². The third-order valence-electron chi connectivity index (χ3n) is 9.11. The minimum atomic E-state index is -5.04. The first-order valence-electron chi connectivity index (χ1n) is 14.8. The molecule has 3 fully saturated rings. The zero-order chi connectivity index (χ0) is 31.6. The molecule has 5 rings (SSSR count). The van der Waals surface area contributed by atoms with Crippen LogP contribution in [0.1, 0.15) is 46.3 Å². The van der Waals surface area contributed by atoms with Gasteiger partial charge in [0.25, 0.3) is 5.91 Å². The Labute approximate surface area is 257 Å². The molecule has 0 radical (unpaired) electrons. The zero-order valence-electron chi connectivity index (χ0n) is 24.1. The second-order valence-corrected chi connectivity index (χ2v) is 12.1. The molecule has 2 amide bonds. The van der Waals surface area contributed by atoms with Gasteiger partial charge in [0, 0.05) is 69.5 Å². The molecule has 3 atom stereocenters. The van der Waals surface area contributed by atoms with E-state index in [1.54, 1.807) is 4.90 Å². The quantitative estimate of drug-likeness (QED) is 0.312. The van der Waals surface area contributed by atoms with E-state index >= 15 is 0 Å². The van der Waals surface area contributed by atoms with Crippen LogP contribution in [0.3, 0.4) is 0 Å². The monoisotopic (exact) mass is 644 g/mol. The number of nitrogens with zero attached hydrogens (tertiary/aromatic N) is 4. The zero-order valence-corrected chi connectivity index (χ0v) is 24.8. The van der Waals surface area contributed by atoms with E-state index in [2.05, 4.69) is 9.80 Å². The minimum Gasteiger partial charge on any atom is -0.340 e. The normalized spacial score (nSPS) is 24.1. The summed E-state index contributed by atoms with van der Waals surface area (Å²) >= 11 is 5.72. The molecule has 2 aromatic rings. The number of amides is 2. The van der Waals surface area contributed by atoms with Crippen LogP contribution in [0.15, 0.2) is 48.5 Å². The number of hydrogen-bond donors (Lipinski definition) is 0. The van der Waals surface area contributed by atoms with Crippen LogP contribution in [0.2, 0.25) is 0 Å². The first-order chi connectivity index (χ1) is 20.8. The van der Waals surface area contributed by atoms with Crippen LogP contribution in [0.4, 0.5) is 26.3 Å². The molecule has 3 aliphatic heterocycles. The Morgan fingerprint density at radius 1 is 0.773 bits per heavy atom. The molecular weight excluding hydrogens is 610 g/mol. The van der Waals surface area contributed by atoms with Gasteiger partial charge in [0.1, 0.15) is 5.88 Å². The number of halogens is 7. The van der Waals surface area contributed by atoms with Gasteiger partial charge in [-0.2, -0.15) is 26.3 Å². The maximum Gasteiger partial charge on any atom is 0.416 e. The predicted molar refractivity (Wildman–Crippen MR) is 153 cm³/mol. The molecule has 0 N–H and O–H groups in total. The average molecular weight is 645 g/mol. The van der Waals surface area contributed by atoms with Crippen LogP contribution in [0, 0.1) is 0 Å². The Morgan fingerprint density at radius 2 is 1.34 bits per heavy atom. The van der Waals surface area contributed by atoms with E-state index in [0.717, 1.165) is 38.2 Å². The van der Waals surface area contributed by atoms with Gasteiger partial charge in [-0.1, -0.05) is 30.3 Å². The van der Waals surface area contributed by atoms with Crippen molar-refractivity contribution in [3.63, 3.8) is 0 Å². The summed E-state index contributed by atoms with van der Waals surface area (Å²) < 4.78 is 81.2. The van der Waals surface area contributed by atoms with Gasteiger partial charge in [-0.25, -0.2) is 0 Å². The maximum atomic E-state index is 13.7. The highest BCUT2D eigenvalue weighted by atomic mass is 35.5. The molecule has 44 heavy (non-hydrogen) atoms. The first kappa shape index (κ1) is 32.6. The number of piperazine rings is 1. The summed E-state index contributed by atoms with van der Waals surface area (Å²) in [6, 6.07) is 10.4. The first-order valence-corrected chi connectivity index (χ1v) is 15.3. The fourth-order valence-corrected chi connectivity index (χ4v) is 6.94. The number of piperidine rings is 1. The lowest BCUT2D eigenvalue weighted by atomic mass is 9.90. The highest BCUT2D eigenvalue weighted by Gasteiger charge is 2.41. The van der Waals surface area contributed by atoms with Crippen molar-refractivity contribution in [1.82, 2.24) is 19.6 Å². The molecule has 0 aromatic heterocycles. The fourth-order valence-electron chi connectivity index (χ4n) is 6.77. The number of alkyl halides is 7. The summed E-state index contributed by atoms with van der Waals surface area (Å²) in [7, 11) is 0. The summed E-state index contributed by atoms with van der Waals surface area (Å²) in [5.74, 6) is -0.912. The van der Waals surface area contributed by atoms with E-state index in [9.17, 15) is 35.9 Å². The van der Waals surface area contributed by atoms with Crippen molar-refractivity contribution in [1.29, 1.82) is 0 Å². The molecule has 0 saturated carbocycles. The van der Waals surface area contributed by atoms with Crippen molar-refractivity contribution in [2.75, 3.05) is 51.7 Å². The fraction of sp³-hybridized carbons (Fsp3) is 0.548. The molecule has 6 nitrogen and oxygen atoms in total. The van der Waals surface area contributed by atoms with E-state index in [1.807, 2.05) is 30.3 Å². The third kappa shape index (κ3) is 7.51. The van der Waals surface area contributed by atoms with Crippen LogP contribution in [-0.2, 0) is 23.6 Å². The highest BCUT2D eigenvalue weighted by molar-refractivity contribution is 6.27. The highest BCUT2D eigenvalue weighted by Crippen LogP contribution is 2.37. The number of likely N-dealkylation sites (tertiary alicyclic amines) is 2. The summed E-state index contributed by atoms with van der Waals surface area (Å²) in [6.07, 6.45) is -7.64. The van der Waals surface area contributed by atoms with Gasteiger partial charge >= 0.3 is 12.4 Å². The van der Waals surface area contributed by atoms with E-state index < -0.39 is 41.0 Å². The van der Waals surface area contributed by atoms with Crippen molar-refractivity contribution in [2.45, 2.75) is 56.2 Å². The van der Waals surface area contributed by atoms with Crippen LogP contribution in [0.25, 0.3) is 0 Å². The second-order valence-electron chi connectivity index (χ2n) is 11.8. The number of hydrogen-bond acceptors (Lipinski definition) is 4. The Bertz CT molecular complexity index is 1280. The Morgan fingerprint density at radius 3 is 1.91 bits per heavy atom. The molecule has 0 spiro atoms. The minimum absolute atomic E-state index is 0.0247. The molecule has 3 unspecified atom stereocenters. The predicted octanol–water partition coefficient (Wildman–Crippen LogP) is 5.40. The van der Waals surface area contributed by atoms with E-state index in [-0.39, 0.29) is 36.5 Å². The molecular formula is C31H35ClF6N4O2. The Kier molecular flexibility index (Phi) is 9.81. The Hall–Kier alpha value is -2.83. The van der Waals surface area contributed by atoms with Crippen molar-refractivity contribution < 1.29 is 35.9 Å². The van der Waals surface area contributed by atoms with Crippen LogP contribution in [-0.4, -0.2) is 101 Å². The van der Waals surface area contributed by atoms with Gasteiger partial charge < -0.3 is 9.80 Å². The van der Waals surface area contributed by atoms with Crippen molar-refractivity contribution >= 4 is 23.4 Å². The smallest absolute Gasteiger partial charge is 0.340 e. The summed E-state index contributed by atoms with van der Waals surface area (Å²) in [4.78, 5) is 33.7. The molecule has 240 valence electrons. The molecule has 3 heterocycles. The summed E-state index contributed by atoms with van der Waals surface area (Å²) in [6.45, 7) is 4.80. The van der Waals surface area contributed by atoms with Crippen LogP contribution < -0.4 is 0 Å². The topological polar surface area (TPSA) is 47.1 Å². The van der Waals surface area contributed by atoms with Crippen LogP contribution in [0.5, 0.6) is 0 Å². The van der Waals surface area contributed by atoms with Crippen molar-refractivity contribution in [3.05, 3.63) is 70.8 Å². The lowest BCUT2D eigenvalue weighted by Gasteiger charge is -2.47. The van der Waals surface area contributed by atoms with Crippen LogP contribution >= 0.6 is 11.6 Å². The maximum absolute atomic E-state index is 13.7. The third-order valence-corrected chi connectivity index (χ3v) is 9.34. The molecule has 0 bridgehead atoms. The van der Waals surface area contributed by atoms with Crippen molar-refractivity contribution in [3.8, 4) is 0 Å². The lowest BCUT2D eigenvalue weighted by Crippen LogP contribution is -2.58. The van der Waals surface area contributed by atoms with E-state index in [1.165, 1.54) is 4.90 Å².